The van der Waals surface area contributed by atoms with Gasteiger partial charge in [-0.25, -0.2) is 0 Å². The number of fused-ring (bicyclic) bond motifs is 7. The summed E-state index contributed by atoms with van der Waals surface area (Å²) in [6.07, 6.45) is 6.85. The Hall–Kier alpha value is -3.26. The molecule has 5 aromatic rings. The average molecular weight is 348 g/mol. The van der Waals surface area contributed by atoms with E-state index in [1.165, 1.54) is 49.7 Å². The first kappa shape index (κ1) is 14.9. The van der Waals surface area contributed by atoms with Crippen LogP contribution in [0.3, 0.4) is 0 Å². The van der Waals surface area contributed by atoms with Crippen LogP contribution in [0, 0.1) is 0 Å². The fourth-order valence-electron chi connectivity index (χ4n) is 4.82. The Labute approximate surface area is 158 Å². The van der Waals surface area contributed by atoms with E-state index in [1.54, 1.807) is 0 Å². The third-order valence-corrected chi connectivity index (χ3v) is 6.00. The maximum absolute atomic E-state index is 2.43. The highest BCUT2D eigenvalue weighted by molar-refractivity contribution is 6.19. The molecule has 3 aromatic carbocycles. The van der Waals surface area contributed by atoms with Crippen molar-refractivity contribution in [2.24, 2.45) is 7.05 Å². The molecule has 0 bridgehead atoms. The normalized spacial score (nSPS) is 13.7. The summed E-state index contributed by atoms with van der Waals surface area (Å²) in [5, 5.41) is 3.99. The average Bonchev–Trinajstić information content (AvgIpc) is 3.22. The summed E-state index contributed by atoms with van der Waals surface area (Å²) >= 11 is 0. The van der Waals surface area contributed by atoms with Crippen molar-refractivity contribution in [3.05, 3.63) is 84.1 Å². The predicted molar refractivity (Wildman–Crippen MR) is 115 cm³/mol. The molecule has 0 radical (unpaired) electrons. The van der Waals surface area contributed by atoms with Crippen LogP contribution in [-0.2, 0) is 13.5 Å². The SMILES string of the molecule is Cn1c2c(c3ccc4c5ccccc5n(-c5ccccc5)c4c31)C=CCC2. The van der Waals surface area contributed by atoms with Crippen molar-refractivity contribution < 1.29 is 0 Å². The van der Waals surface area contributed by atoms with Crippen LogP contribution in [0.15, 0.2) is 72.8 Å². The lowest BCUT2D eigenvalue weighted by atomic mass is 10.0. The monoisotopic (exact) mass is 348 g/mol. The Morgan fingerprint density at radius 1 is 0.741 bits per heavy atom. The first-order valence-corrected chi connectivity index (χ1v) is 9.60. The molecule has 2 heteroatoms. The van der Waals surface area contributed by atoms with Crippen LogP contribution < -0.4 is 0 Å². The number of rotatable bonds is 1. The smallest absolute Gasteiger partial charge is 0.0785 e. The van der Waals surface area contributed by atoms with E-state index in [0.717, 1.165) is 12.8 Å². The van der Waals surface area contributed by atoms with E-state index in [0.29, 0.717) is 0 Å². The highest BCUT2D eigenvalue weighted by Crippen LogP contribution is 2.40. The Balaban J connectivity index is 1.90. The number of hydrogen-bond acceptors (Lipinski definition) is 0. The number of allylic oxidation sites excluding steroid dienone is 1. The molecule has 0 amide bonds. The Bertz CT molecular complexity index is 1360. The van der Waals surface area contributed by atoms with E-state index in [-0.39, 0.29) is 0 Å². The largest absolute Gasteiger partial charge is 0.345 e. The molecule has 27 heavy (non-hydrogen) atoms. The van der Waals surface area contributed by atoms with Crippen LogP contribution >= 0.6 is 0 Å². The van der Waals surface area contributed by atoms with Crippen molar-refractivity contribution in [1.29, 1.82) is 0 Å². The third-order valence-electron chi connectivity index (χ3n) is 6.00. The van der Waals surface area contributed by atoms with Gasteiger partial charge >= 0.3 is 0 Å². The predicted octanol–water partition coefficient (Wildman–Crippen LogP) is 6.23. The number of hydrogen-bond donors (Lipinski definition) is 0. The van der Waals surface area contributed by atoms with Gasteiger partial charge in [0.15, 0.2) is 0 Å². The zero-order valence-corrected chi connectivity index (χ0v) is 15.3. The van der Waals surface area contributed by atoms with E-state index in [4.69, 9.17) is 0 Å². The quantitative estimate of drug-likeness (QED) is 0.339. The van der Waals surface area contributed by atoms with Crippen LogP contribution in [0.1, 0.15) is 17.7 Å². The molecule has 2 nitrogen and oxygen atoms in total. The van der Waals surface area contributed by atoms with Gasteiger partial charge in [0, 0.05) is 40.2 Å². The minimum Gasteiger partial charge on any atom is -0.345 e. The first-order valence-electron chi connectivity index (χ1n) is 9.60. The van der Waals surface area contributed by atoms with Gasteiger partial charge in [0.2, 0.25) is 0 Å². The Morgan fingerprint density at radius 3 is 2.41 bits per heavy atom. The van der Waals surface area contributed by atoms with Crippen LogP contribution in [0.2, 0.25) is 0 Å². The number of benzene rings is 3. The molecular formula is C25H20N2. The van der Waals surface area contributed by atoms with Crippen molar-refractivity contribution in [3.63, 3.8) is 0 Å². The van der Waals surface area contributed by atoms with Crippen LogP contribution in [-0.4, -0.2) is 9.13 Å². The lowest BCUT2D eigenvalue weighted by Gasteiger charge is -2.10. The van der Waals surface area contributed by atoms with Gasteiger partial charge in [-0.15, -0.1) is 0 Å². The number of para-hydroxylation sites is 2. The minimum absolute atomic E-state index is 1.12. The van der Waals surface area contributed by atoms with E-state index in [2.05, 4.69) is 95.1 Å². The first-order chi connectivity index (χ1) is 13.3. The maximum Gasteiger partial charge on any atom is 0.0785 e. The third kappa shape index (κ3) is 1.90. The highest BCUT2D eigenvalue weighted by Gasteiger charge is 2.21. The Kier molecular flexibility index (Phi) is 2.96. The van der Waals surface area contributed by atoms with Gasteiger partial charge in [-0.2, -0.15) is 0 Å². The summed E-state index contributed by atoms with van der Waals surface area (Å²) in [6, 6.07) is 24.1. The summed E-state index contributed by atoms with van der Waals surface area (Å²) in [5.41, 5.74) is 7.97. The van der Waals surface area contributed by atoms with Crippen LogP contribution in [0.25, 0.3) is 44.5 Å². The van der Waals surface area contributed by atoms with Crippen LogP contribution in [0.5, 0.6) is 0 Å². The fourth-order valence-corrected chi connectivity index (χ4v) is 4.82. The number of aryl methyl sites for hydroxylation is 1. The van der Waals surface area contributed by atoms with E-state index < -0.39 is 0 Å². The lowest BCUT2D eigenvalue weighted by Crippen LogP contribution is -2.01. The van der Waals surface area contributed by atoms with Gasteiger partial charge in [0.25, 0.3) is 0 Å². The number of aromatic nitrogens is 2. The molecule has 0 aliphatic heterocycles. The molecule has 0 atom stereocenters. The van der Waals surface area contributed by atoms with Crippen molar-refractivity contribution in [1.82, 2.24) is 9.13 Å². The summed E-state index contributed by atoms with van der Waals surface area (Å²) < 4.78 is 4.86. The molecule has 2 heterocycles. The molecular weight excluding hydrogens is 328 g/mol. The highest BCUT2D eigenvalue weighted by atomic mass is 15.0. The molecule has 0 N–H and O–H groups in total. The molecule has 0 unspecified atom stereocenters. The molecule has 0 saturated carbocycles. The number of nitrogens with zero attached hydrogens (tertiary/aromatic N) is 2. The Morgan fingerprint density at radius 2 is 1.52 bits per heavy atom. The summed E-state index contributed by atoms with van der Waals surface area (Å²) in [5.74, 6) is 0. The molecule has 2 aromatic heterocycles. The molecule has 1 aliphatic rings. The second-order valence-electron chi connectivity index (χ2n) is 7.41. The maximum atomic E-state index is 2.43. The standard InChI is InChI=1S/C25H20N2/c1-26-22-13-7-5-11-18(22)20-15-16-21-19-12-6-8-14-23(19)27(25(21)24(20)26)17-9-3-2-4-10-17/h2-6,8-12,14-16H,7,13H2,1H3. The zero-order valence-electron chi connectivity index (χ0n) is 15.3. The second-order valence-corrected chi connectivity index (χ2v) is 7.41. The van der Waals surface area contributed by atoms with E-state index in [9.17, 15) is 0 Å². The molecule has 0 fully saturated rings. The lowest BCUT2D eigenvalue weighted by molar-refractivity contribution is 0.825. The van der Waals surface area contributed by atoms with Gasteiger partial charge in [0.1, 0.15) is 0 Å². The van der Waals surface area contributed by atoms with Crippen LogP contribution in [0.4, 0.5) is 0 Å². The van der Waals surface area contributed by atoms with Crippen molar-refractivity contribution in [2.45, 2.75) is 12.8 Å². The molecule has 130 valence electrons. The van der Waals surface area contributed by atoms with Crippen molar-refractivity contribution in [3.8, 4) is 5.69 Å². The van der Waals surface area contributed by atoms with Crippen molar-refractivity contribution in [2.75, 3.05) is 0 Å². The van der Waals surface area contributed by atoms with Gasteiger partial charge in [0.05, 0.1) is 16.6 Å². The zero-order chi connectivity index (χ0) is 18.0. The minimum atomic E-state index is 1.12. The second kappa shape index (κ2) is 5.37. The summed E-state index contributed by atoms with van der Waals surface area (Å²) in [7, 11) is 2.23. The van der Waals surface area contributed by atoms with Gasteiger partial charge in [-0.3, -0.25) is 0 Å². The van der Waals surface area contributed by atoms with Gasteiger partial charge in [-0.1, -0.05) is 60.7 Å². The summed E-state index contributed by atoms with van der Waals surface area (Å²) in [4.78, 5) is 0. The summed E-state index contributed by atoms with van der Waals surface area (Å²) in [6.45, 7) is 0. The van der Waals surface area contributed by atoms with Gasteiger partial charge in [-0.05, 0) is 31.0 Å². The molecule has 0 spiro atoms. The molecule has 6 rings (SSSR count). The topological polar surface area (TPSA) is 9.86 Å². The van der Waals surface area contributed by atoms with Gasteiger partial charge < -0.3 is 9.13 Å². The van der Waals surface area contributed by atoms with Crippen molar-refractivity contribution >= 4 is 38.8 Å². The molecule has 1 aliphatic carbocycles. The van der Waals surface area contributed by atoms with E-state index >= 15 is 0 Å². The fraction of sp³-hybridized carbons (Fsp3) is 0.120. The van der Waals surface area contributed by atoms with E-state index in [1.807, 2.05) is 0 Å². The molecule has 0 saturated heterocycles.